The second-order valence-electron chi connectivity index (χ2n) is 1.63. The Bertz CT molecular complexity index is 283. The Balaban J connectivity index is 2.89. The molecule has 2 N–H and O–H groups in total. The third-order valence-electron chi connectivity index (χ3n) is 1.07. The van der Waals surface area contributed by atoms with Crippen LogP contribution in [0.4, 0.5) is 0 Å². The van der Waals surface area contributed by atoms with Gasteiger partial charge in [-0.05, 0) is 0 Å². The Labute approximate surface area is 55.7 Å². The Morgan fingerprint density at radius 3 is 3.22 bits per heavy atom. The normalized spacial score (nSPS) is 13.8. The van der Waals surface area contributed by atoms with Crippen molar-refractivity contribution in [2.45, 2.75) is 0 Å². The molecule has 1 aliphatic heterocycles. The number of rotatable bonds is 0. The Morgan fingerprint density at radius 1 is 1.44 bits per heavy atom. The lowest BCUT2D eigenvalue weighted by Gasteiger charge is -1.99. The van der Waals surface area contributed by atoms with E-state index < -0.39 is 0 Å². The van der Waals surface area contributed by atoms with Crippen molar-refractivity contribution in [2.24, 2.45) is 0 Å². The van der Waals surface area contributed by atoms with Gasteiger partial charge in [-0.15, -0.1) is 11.3 Å². The van der Waals surface area contributed by atoms with Crippen LogP contribution in [0.15, 0.2) is 0 Å². The summed E-state index contributed by atoms with van der Waals surface area (Å²) in [4.78, 5) is 3.96. The molecule has 1 aliphatic rings. The maximum Gasteiger partial charge on any atom is 0.153 e. The summed E-state index contributed by atoms with van der Waals surface area (Å²) in [7, 11) is 0. The molecule has 0 aromatic carbocycles. The predicted octanol–water partition coefficient (Wildman–Crippen LogP) is -1.47. The first kappa shape index (κ1) is 4.81. The molecule has 0 spiro atoms. The van der Waals surface area contributed by atoms with Gasteiger partial charge in [0.1, 0.15) is 5.35 Å². The zero-order valence-electron chi connectivity index (χ0n) is 4.51. The fraction of sp³-hybridized carbons (Fsp3) is 0. The monoisotopic (exact) mass is 138 g/mol. The van der Waals surface area contributed by atoms with Crippen LogP contribution >= 0.6 is 11.3 Å². The van der Waals surface area contributed by atoms with Gasteiger partial charge in [0.05, 0.1) is 4.53 Å². The molecule has 2 rings (SSSR count). The third-order valence-corrected chi connectivity index (χ3v) is 1.80. The van der Waals surface area contributed by atoms with Gasteiger partial charge in [-0.3, -0.25) is 0 Å². The quantitative estimate of drug-likeness (QED) is 0.459. The van der Waals surface area contributed by atoms with Crippen molar-refractivity contribution in [3.8, 4) is 0 Å². The number of thiazole rings is 1. The number of hydrazine groups is 1. The smallest absolute Gasteiger partial charge is 0.153 e. The van der Waals surface area contributed by atoms with Gasteiger partial charge >= 0.3 is 0 Å². The van der Waals surface area contributed by atoms with Crippen LogP contribution in [0.1, 0.15) is 0 Å². The number of nitrogens with one attached hydrogen (secondary N) is 2. The van der Waals surface area contributed by atoms with Crippen molar-refractivity contribution in [1.29, 1.82) is 0 Å². The van der Waals surface area contributed by atoms with Gasteiger partial charge in [0.2, 0.25) is 0 Å². The van der Waals surface area contributed by atoms with Crippen LogP contribution in [-0.2, 0) is 0 Å². The van der Waals surface area contributed by atoms with Gasteiger partial charge in [-0.1, -0.05) is 0 Å². The lowest BCUT2D eigenvalue weighted by atomic mass is 10.6. The van der Waals surface area contributed by atoms with Crippen LogP contribution in [0.3, 0.4) is 0 Å². The molecule has 0 aliphatic carbocycles. The van der Waals surface area contributed by atoms with Gasteiger partial charge in [0, 0.05) is 12.4 Å². The molecule has 1 radical (unpaired) electrons. The van der Waals surface area contributed by atoms with Gasteiger partial charge in [0.25, 0.3) is 0 Å². The molecule has 1 aromatic heterocycles. The SMILES string of the molecule is [c]1nc2c(s1)=CNNC=2. The van der Waals surface area contributed by atoms with Crippen LogP contribution in [-0.4, -0.2) is 4.98 Å². The van der Waals surface area contributed by atoms with Crippen LogP contribution in [0, 0.1) is 5.51 Å². The highest BCUT2D eigenvalue weighted by atomic mass is 32.1. The van der Waals surface area contributed by atoms with Gasteiger partial charge in [-0.2, -0.15) is 0 Å². The van der Waals surface area contributed by atoms with Gasteiger partial charge in [-0.25, -0.2) is 4.98 Å². The highest BCUT2D eigenvalue weighted by Gasteiger charge is 1.91. The van der Waals surface area contributed by atoms with Crippen molar-refractivity contribution < 1.29 is 0 Å². The molecule has 0 atom stereocenters. The summed E-state index contributed by atoms with van der Waals surface area (Å²) in [6, 6.07) is 0. The largest absolute Gasteiger partial charge is 0.307 e. The summed E-state index contributed by atoms with van der Waals surface area (Å²) in [5, 5.41) is 0.957. The average molecular weight is 138 g/mol. The van der Waals surface area contributed by atoms with Crippen LogP contribution in [0.2, 0.25) is 0 Å². The summed E-state index contributed by atoms with van der Waals surface area (Å²) in [6.45, 7) is 0. The van der Waals surface area contributed by atoms with E-state index in [1.807, 2.05) is 12.4 Å². The number of fused-ring (bicyclic) bond motifs is 1. The molecule has 4 heteroatoms. The van der Waals surface area contributed by atoms with E-state index in [0.29, 0.717) is 0 Å². The first-order valence-electron chi connectivity index (χ1n) is 2.51. The Morgan fingerprint density at radius 2 is 2.33 bits per heavy atom. The molecule has 0 saturated carbocycles. The van der Waals surface area contributed by atoms with E-state index in [1.165, 1.54) is 11.3 Å². The van der Waals surface area contributed by atoms with E-state index in [0.717, 1.165) is 9.88 Å². The zero-order chi connectivity index (χ0) is 6.10. The van der Waals surface area contributed by atoms with Gasteiger partial charge < -0.3 is 10.9 Å². The molecular formula is C5H4N3S. The van der Waals surface area contributed by atoms with E-state index in [2.05, 4.69) is 21.3 Å². The number of hydrogen-bond donors (Lipinski definition) is 2. The highest BCUT2D eigenvalue weighted by Crippen LogP contribution is 1.74. The number of aromatic nitrogens is 1. The first-order valence-corrected chi connectivity index (χ1v) is 3.33. The molecule has 0 saturated heterocycles. The maximum absolute atomic E-state index is 3.96. The average Bonchev–Trinajstić information content (AvgIpc) is 2.33. The van der Waals surface area contributed by atoms with Crippen molar-refractivity contribution >= 4 is 23.7 Å². The summed E-state index contributed by atoms with van der Waals surface area (Å²) < 4.78 is 1.12. The van der Waals surface area contributed by atoms with E-state index in [1.54, 1.807) is 0 Å². The maximum atomic E-state index is 3.96. The van der Waals surface area contributed by atoms with E-state index >= 15 is 0 Å². The summed E-state index contributed by atoms with van der Waals surface area (Å²) in [5.74, 6) is 0. The number of nitrogens with zero attached hydrogens (tertiary/aromatic N) is 1. The second kappa shape index (κ2) is 1.73. The van der Waals surface area contributed by atoms with Crippen molar-refractivity contribution in [3.63, 3.8) is 0 Å². The molecule has 0 unspecified atom stereocenters. The van der Waals surface area contributed by atoms with E-state index in [9.17, 15) is 0 Å². The molecule has 1 aromatic rings. The zero-order valence-corrected chi connectivity index (χ0v) is 5.33. The summed E-state index contributed by atoms with van der Waals surface area (Å²) in [5.41, 5.74) is 8.46. The third kappa shape index (κ3) is 0.675. The van der Waals surface area contributed by atoms with Crippen LogP contribution < -0.4 is 20.7 Å². The molecule has 0 bridgehead atoms. The van der Waals surface area contributed by atoms with E-state index in [4.69, 9.17) is 0 Å². The van der Waals surface area contributed by atoms with Crippen LogP contribution in [0.25, 0.3) is 12.4 Å². The van der Waals surface area contributed by atoms with Gasteiger partial charge in [0.15, 0.2) is 5.51 Å². The predicted molar refractivity (Wildman–Crippen MR) is 35.4 cm³/mol. The van der Waals surface area contributed by atoms with Crippen molar-refractivity contribution in [1.82, 2.24) is 15.8 Å². The highest BCUT2D eigenvalue weighted by molar-refractivity contribution is 7.06. The fourth-order valence-corrected chi connectivity index (χ4v) is 1.22. The fourth-order valence-electron chi connectivity index (χ4n) is 0.653. The minimum absolute atomic E-state index is 0.957. The molecular weight excluding hydrogens is 134 g/mol. The molecule has 0 amide bonds. The summed E-state index contributed by atoms with van der Waals surface area (Å²) >= 11 is 1.50. The topological polar surface area (TPSA) is 37.0 Å². The molecule has 3 nitrogen and oxygen atoms in total. The van der Waals surface area contributed by atoms with Crippen molar-refractivity contribution in [3.05, 3.63) is 15.4 Å². The standard InChI is InChI=1S/C5H4N3S/c1-4-5(2-8-7-1)9-3-6-4/h1-2,7-8H. The number of hydrogen-bond acceptors (Lipinski definition) is 4. The van der Waals surface area contributed by atoms with Crippen LogP contribution in [0.5, 0.6) is 0 Å². The molecule has 9 heavy (non-hydrogen) atoms. The lowest BCUT2D eigenvalue weighted by Crippen LogP contribution is -2.37. The molecule has 0 fully saturated rings. The first-order chi connectivity index (χ1) is 4.47. The van der Waals surface area contributed by atoms with Crippen molar-refractivity contribution in [2.75, 3.05) is 0 Å². The minimum Gasteiger partial charge on any atom is -0.307 e. The minimum atomic E-state index is 0.957. The molecule has 45 valence electrons. The lowest BCUT2D eigenvalue weighted by molar-refractivity contribution is 0.842. The van der Waals surface area contributed by atoms with E-state index in [-0.39, 0.29) is 0 Å². The second-order valence-corrected chi connectivity index (χ2v) is 2.46. The Hall–Kier alpha value is -1.03. The summed E-state index contributed by atoms with van der Waals surface area (Å²) in [6.07, 6.45) is 3.67. The Kier molecular flexibility index (Phi) is 0.927. The molecule has 2 heterocycles.